The highest BCUT2D eigenvalue weighted by atomic mass is 16.6. The number of esters is 2. The molecule has 57 heavy (non-hydrogen) atoms. The summed E-state index contributed by atoms with van der Waals surface area (Å²) >= 11 is 0. The molecule has 0 fully saturated rings. The normalized spacial score (nSPS) is 13.5. The molecule has 0 saturated carbocycles. The smallest absolute Gasteiger partial charge is 0.362 e. The van der Waals surface area contributed by atoms with E-state index in [2.05, 4.69) is 74.6 Å². The number of unbranched alkanes of at least 4 members (excludes halogenated alkanes) is 16. The van der Waals surface area contributed by atoms with Crippen LogP contribution in [0.1, 0.15) is 181 Å². The van der Waals surface area contributed by atoms with Crippen LogP contribution in [0.3, 0.4) is 0 Å². The highest BCUT2D eigenvalue weighted by Crippen LogP contribution is 2.14. The van der Waals surface area contributed by atoms with E-state index in [1.54, 1.807) is 0 Å². The quantitative estimate of drug-likeness (QED) is 0.0285. The van der Waals surface area contributed by atoms with Crippen molar-refractivity contribution in [1.29, 1.82) is 0 Å². The number of carbonyl (C=O) groups excluding carboxylic acids is 2. The predicted octanol–water partition coefficient (Wildman–Crippen LogP) is 12.6. The maximum absolute atomic E-state index is 12.7. The van der Waals surface area contributed by atoms with Gasteiger partial charge in [0.25, 0.3) is 0 Å². The molecule has 0 aliphatic carbocycles. The fourth-order valence-electron chi connectivity index (χ4n) is 6.41. The number of rotatable bonds is 40. The molecule has 1 N–H and O–H groups in total. The Morgan fingerprint density at radius 2 is 0.982 bits per heavy atom. The van der Waals surface area contributed by atoms with Gasteiger partial charge in [0.05, 0.1) is 34.4 Å². The number of nitrogens with zero attached hydrogens (tertiary/aromatic N) is 1. The zero-order valence-electron chi connectivity index (χ0n) is 37.3. The number of hydrogen-bond donors (Lipinski definition) is 1. The largest absolute Gasteiger partial charge is 0.477 e. The Kier molecular flexibility index (Phi) is 37.8. The average Bonchev–Trinajstić information content (AvgIpc) is 3.17. The van der Waals surface area contributed by atoms with Crippen molar-refractivity contribution in [1.82, 2.24) is 0 Å². The fourth-order valence-corrected chi connectivity index (χ4v) is 6.41. The summed E-state index contributed by atoms with van der Waals surface area (Å²) in [6.45, 7) is 4.59. The molecule has 0 amide bonds. The molecule has 0 aromatic heterocycles. The Hall–Kier alpha value is -2.97. The van der Waals surface area contributed by atoms with Crippen LogP contribution in [0.25, 0.3) is 0 Å². The van der Waals surface area contributed by atoms with E-state index in [1.807, 2.05) is 21.1 Å². The Balaban J connectivity index is 4.40. The van der Waals surface area contributed by atoms with Gasteiger partial charge in [-0.05, 0) is 57.8 Å². The first-order valence-electron chi connectivity index (χ1n) is 22.8. The number of allylic oxidation sites excluding steroid dienone is 10. The second kappa shape index (κ2) is 39.8. The summed E-state index contributed by atoms with van der Waals surface area (Å²) in [5.41, 5.74) is 0. The van der Waals surface area contributed by atoms with E-state index < -0.39 is 18.1 Å². The topological polar surface area (TPSA) is 99.1 Å². The lowest BCUT2D eigenvalue weighted by Crippen LogP contribution is -2.50. The van der Waals surface area contributed by atoms with Crippen LogP contribution in [-0.4, -0.2) is 80.6 Å². The van der Waals surface area contributed by atoms with E-state index in [0.29, 0.717) is 12.8 Å². The van der Waals surface area contributed by atoms with Gasteiger partial charge in [-0.1, -0.05) is 164 Å². The Labute approximate surface area is 349 Å². The highest BCUT2D eigenvalue weighted by molar-refractivity contribution is 5.72. The lowest BCUT2D eigenvalue weighted by molar-refractivity contribution is -0.887. The molecule has 2 atom stereocenters. The van der Waals surface area contributed by atoms with Gasteiger partial charge in [0.15, 0.2) is 12.1 Å². The fraction of sp³-hybridized carbons (Fsp3) is 0.735. The molecule has 0 aliphatic heterocycles. The summed E-state index contributed by atoms with van der Waals surface area (Å²) in [6, 6.07) is -0.622. The van der Waals surface area contributed by atoms with Crippen LogP contribution in [0.15, 0.2) is 60.8 Å². The zero-order chi connectivity index (χ0) is 42.1. The van der Waals surface area contributed by atoms with E-state index in [4.69, 9.17) is 14.2 Å². The van der Waals surface area contributed by atoms with Crippen LogP contribution in [0.5, 0.6) is 0 Å². The Bertz CT molecular complexity index is 1120. The molecule has 0 saturated heterocycles. The van der Waals surface area contributed by atoms with Crippen LogP contribution < -0.4 is 0 Å². The molecule has 8 heteroatoms. The minimum Gasteiger partial charge on any atom is -0.477 e. The Morgan fingerprint density at radius 3 is 1.46 bits per heavy atom. The monoisotopic (exact) mass is 801 g/mol. The molecule has 2 unspecified atom stereocenters. The number of carboxylic acid groups (broad SMARTS) is 1. The third-order valence-electron chi connectivity index (χ3n) is 9.93. The van der Waals surface area contributed by atoms with Crippen molar-refractivity contribution in [3.8, 4) is 0 Å². The molecule has 0 aromatic carbocycles. The number of hydrogen-bond acceptors (Lipinski definition) is 6. The van der Waals surface area contributed by atoms with Gasteiger partial charge in [0.1, 0.15) is 6.61 Å². The Morgan fingerprint density at radius 1 is 0.544 bits per heavy atom. The van der Waals surface area contributed by atoms with Crippen molar-refractivity contribution in [2.45, 2.75) is 193 Å². The molecule has 0 spiro atoms. The van der Waals surface area contributed by atoms with Gasteiger partial charge in [-0.2, -0.15) is 0 Å². The lowest BCUT2D eigenvalue weighted by Gasteiger charge is -2.31. The number of likely N-dealkylation sites (N-methyl/N-ethyl adjacent to an activating group) is 1. The van der Waals surface area contributed by atoms with Crippen LogP contribution in [-0.2, 0) is 28.6 Å². The van der Waals surface area contributed by atoms with Crippen molar-refractivity contribution in [2.24, 2.45) is 0 Å². The van der Waals surface area contributed by atoms with Gasteiger partial charge < -0.3 is 23.8 Å². The molecule has 0 aliphatic rings. The van der Waals surface area contributed by atoms with Gasteiger partial charge in [-0.15, -0.1) is 0 Å². The molecule has 0 heterocycles. The first-order chi connectivity index (χ1) is 27.6. The molecule has 0 aromatic rings. The molecule has 0 bridgehead atoms. The van der Waals surface area contributed by atoms with Gasteiger partial charge in [0, 0.05) is 19.3 Å². The van der Waals surface area contributed by atoms with E-state index in [1.165, 1.54) is 70.6 Å². The second-order valence-corrected chi connectivity index (χ2v) is 16.3. The third-order valence-corrected chi connectivity index (χ3v) is 9.93. The average molecular weight is 801 g/mol. The van der Waals surface area contributed by atoms with Crippen LogP contribution in [0.4, 0.5) is 0 Å². The highest BCUT2D eigenvalue weighted by Gasteiger charge is 2.31. The van der Waals surface area contributed by atoms with Gasteiger partial charge in [0.2, 0.25) is 0 Å². The number of carboxylic acids is 1. The standard InChI is InChI=1S/C49H85NO7/c1-6-8-10-12-14-16-18-20-22-23-24-25-26-28-30-32-34-36-38-40-48(52)57-45(43-55-42-41-46(49(53)54)50(3,4)5)44-56-47(51)39-37-35-33-31-29-27-21-19-17-15-13-11-9-7-2/h8,10,14,16,20,22,24-25,28,30,45-46H,6-7,9,11-13,15,17-19,21,23,26-27,29,31-44H2,1-5H3/p+1/b10-8+,16-14+,22-20+,25-24+,30-28+. The van der Waals surface area contributed by atoms with Gasteiger partial charge in [-0.25, -0.2) is 4.79 Å². The van der Waals surface area contributed by atoms with Crippen molar-refractivity contribution < 1.29 is 38.2 Å². The van der Waals surface area contributed by atoms with E-state index in [-0.39, 0.29) is 42.7 Å². The SMILES string of the molecule is CC/C=C/C/C=C/C/C=C/C/C=C/C/C=C/CCCCCC(=O)OC(COCCC(C(=O)O)[N+](C)(C)C)COC(=O)CCCCCCCCCCCCCCCC. The molecule has 328 valence electrons. The number of carbonyl (C=O) groups is 3. The molecule has 8 nitrogen and oxygen atoms in total. The summed E-state index contributed by atoms with van der Waals surface area (Å²) in [7, 11) is 5.51. The number of aliphatic carboxylic acids is 1. The number of ether oxygens (including phenoxy) is 3. The van der Waals surface area contributed by atoms with Crippen LogP contribution in [0, 0.1) is 0 Å². The number of quaternary nitrogens is 1. The van der Waals surface area contributed by atoms with Gasteiger partial charge >= 0.3 is 17.9 Å². The van der Waals surface area contributed by atoms with Crippen molar-refractivity contribution in [3.63, 3.8) is 0 Å². The first-order valence-corrected chi connectivity index (χ1v) is 22.8. The summed E-state index contributed by atoms with van der Waals surface area (Å²) in [6.07, 6.45) is 48.3. The minimum absolute atomic E-state index is 0.0471. The van der Waals surface area contributed by atoms with E-state index in [9.17, 15) is 19.5 Å². The first kappa shape index (κ1) is 54.0. The maximum atomic E-state index is 12.7. The predicted molar refractivity (Wildman–Crippen MR) is 238 cm³/mol. The molecule has 0 radical (unpaired) electrons. The summed E-state index contributed by atoms with van der Waals surface area (Å²) in [5, 5.41) is 9.62. The summed E-state index contributed by atoms with van der Waals surface area (Å²) in [4.78, 5) is 37.0. The van der Waals surface area contributed by atoms with Gasteiger partial charge in [-0.3, -0.25) is 9.59 Å². The van der Waals surface area contributed by atoms with Crippen molar-refractivity contribution in [3.05, 3.63) is 60.8 Å². The van der Waals surface area contributed by atoms with Crippen molar-refractivity contribution >= 4 is 17.9 Å². The minimum atomic E-state index is -0.882. The molecular formula is C49H86NO7+. The zero-order valence-corrected chi connectivity index (χ0v) is 37.3. The van der Waals surface area contributed by atoms with E-state index >= 15 is 0 Å². The van der Waals surface area contributed by atoms with E-state index in [0.717, 1.165) is 77.0 Å². The third kappa shape index (κ3) is 38.3. The maximum Gasteiger partial charge on any atom is 0.362 e. The molecular weight excluding hydrogens is 715 g/mol. The van der Waals surface area contributed by atoms with Crippen molar-refractivity contribution in [2.75, 3.05) is 41.0 Å². The second-order valence-electron chi connectivity index (χ2n) is 16.3. The summed E-state index contributed by atoms with van der Waals surface area (Å²) in [5.74, 6) is -1.51. The van der Waals surface area contributed by atoms with Crippen LogP contribution in [0.2, 0.25) is 0 Å². The van der Waals surface area contributed by atoms with Crippen LogP contribution >= 0.6 is 0 Å². The molecule has 0 rings (SSSR count). The summed E-state index contributed by atoms with van der Waals surface area (Å²) < 4.78 is 17.3. The lowest BCUT2D eigenvalue weighted by atomic mass is 10.0.